The largest absolute Gasteiger partial charge is 0.311 e. The summed E-state index contributed by atoms with van der Waals surface area (Å²) in [7, 11) is 2.24. The van der Waals surface area contributed by atoms with E-state index in [0.29, 0.717) is 6.04 Å². The van der Waals surface area contributed by atoms with E-state index in [9.17, 15) is 0 Å². The molecule has 0 aliphatic carbocycles. The predicted octanol–water partition coefficient (Wildman–Crippen LogP) is 3.27. The second-order valence-corrected chi connectivity index (χ2v) is 6.44. The van der Waals surface area contributed by atoms with Crippen molar-refractivity contribution >= 4 is 0 Å². The van der Waals surface area contributed by atoms with E-state index in [2.05, 4.69) is 45.0 Å². The minimum Gasteiger partial charge on any atom is -0.311 e. The third kappa shape index (κ3) is 5.87. The Hall–Kier alpha value is -0.0800. The van der Waals surface area contributed by atoms with Crippen molar-refractivity contribution in [3.8, 4) is 0 Å². The molecule has 1 N–H and O–H groups in total. The number of nitrogens with one attached hydrogen (secondary N) is 1. The van der Waals surface area contributed by atoms with E-state index in [4.69, 9.17) is 0 Å². The van der Waals surface area contributed by atoms with Crippen LogP contribution in [-0.4, -0.2) is 36.6 Å². The quantitative estimate of drug-likeness (QED) is 0.766. The molecule has 1 aliphatic rings. The molecule has 1 fully saturated rings. The van der Waals surface area contributed by atoms with Gasteiger partial charge in [0.1, 0.15) is 0 Å². The highest BCUT2D eigenvalue weighted by Gasteiger charge is 2.23. The first-order valence-electron chi connectivity index (χ1n) is 7.45. The molecule has 0 aromatic heterocycles. The molecule has 0 bridgehead atoms. The number of nitrogens with zero attached hydrogens (tertiary/aromatic N) is 1. The van der Waals surface area contributed by atoms with E-state index < -0.39 is 0 Å². The number of piperidine rings is 1. The van der Waals surface area contributed by atoms with Crippen LogP contribution in [0.2, 0.25) is 0 Å². The highest BCUT2D eigenvalue weighted by Crippen LogP contribution is 2.17. The van der Waals surface area contributed by atoms with E-state index in [-0.39, 0.29) is 0 Å². The molecule has 3 unspecified atom stereocenters. The molecular weight excluding hydrogens is 208 g/mol. The number of likely N-dealkylation sites (tertiary alicyclic amines) is 1. The Morgan fingerprint density at radius 1 is 1.24 bits per heavy atom. The van der Waals surface area contributed by atoms with Gasteiger partial charge in [-0.05, 0) is 52.6 Å². The molecule has 1 saturated heterocycles. The van der Waals surface area contributed by atoms with E-state index in [1.165, 1.54) is 38.6 Å². The minimum atomic E-state index is 0.689. The highest BCUT2D eigenvalue weighted by atomic mass is 15.1. The molecule has 0 radical (unpaired) electrons. The fourth-order valence-electron chi connectivity index (χ4n) is 2.76. The lowest BCUT2D eigenvalue weighted by molar-refractivity contribution is 0.162. The van der Waals surface area contributed by atoms with Crippen molar-refractivity contribution in [2.45, 2.75) is 77.9 Å². The van der Waals surface area contributed by atoms with Gasteiger partial charge in [0.05, 0.1) is 0 Å². The van der Waals surface area contributed by atoms with Crippen LogP contribution in [0.15, 0.2) is 0 Å². The van der Waals surface area contributed by atoms with Crippen molar-refractivity contribution in [2.24, 2.45) is 5.92 Å². The van der Waals surface area contributed by atoms with Crippen LogP contribution in [0.4, 0.5) is 0 Å². The Kier molecular flexibility index (Phi) is 6.50. The number of hydrogen-bond donors (Lipinski definition) is 1. The molecule has 2 heteroatoms. The Labute approximate surface area is 108 Å². The fourth-order valence-corrected chi connectivity index (χ4v) is 2.76. The van der Waals surface area contributed by atoms with Crippen LogP contribution in [0.3, 0.4) is 0 Å². The van der Waals surface area contributed by atoms with Crippen LogP contribution in [0.5, 0.6) is 0 Å². The minimum absolute atomic E-state index is 0.689. The first-order valence-corrected chi connectivity index (χ1v) is 7.45. The smallest absolute Gasteiger partial charge is 0.00964 e. The van der Waals surface area contributed by atoms with Gasteiger partial charge < -0.3 is 10.2 Å². The van der Waals surface area contributed by atoms with Crippen LogP contribution in [0.1, 0.15) is 59.8 Å². The first-order chi connectivity index (χ1) is 7.99. The van der Waals surface area contributed by atoms with Gasteiger partial charge in [-0.3, -0.25) is 0 Å². The number of rotatable bonds is 6. The van der Waals surface area contributed by atoms with Gasteiger partial charge in [0.25, 0.3) is 0 Å². The van der Waals surface area contributed by atoms with Crippen molar-refractivity contribution in [1.82, 2.24) is 10.2 Å². The van der Waals surface area contributed by atoms with Crippen molar-refractivity contribution in [3.05, 3.63) is 0 Å². The molecule has 1 aliphatic heterocycles. The molecule has 0 spiro atoms. The Bertz CT molecular complexity index is 203. The van der Waals surface area contributed by atoms with Crippen molar-refractivity contribution in [3.63, 3.8) is 0 Å². The van der Waals surface area contributed by atoms with Crippen LogP contribution < -0.4 is 5.32 Å². The highest BCUT2D eigenvalue weighted by molar-refractivity contribution is 4.82. The van der Waals surface area contributed by atoms with E-state index in [1.807, 2.05) is 0 Å². The van der Waals surface area contributed by atoms with Gasteiger partial charge in [-0.15, -0.1) is 0 Å². The first kappa shape index (κ1) is 15.0. The van der Waals surface area contributed by atoms with Crippen molar-refractivity contribution < 1.29 is 0 Å². The second-order valence-electron chi connectivity index (χ2n) is 6.44. The van der Waals surface area contributed by atoms with Gasteiger partial charge in [-0.2, -0.15) is 0 Å². The van der Waals surface area contributed by atoms with Gasteiger partial charge in [0.2, 0.25) is 0 Å². The molecule has 17 heavy (non-hydrogen) atoms. The van der Waals surface area contributed by atoms with Crippen LogP contribution in [0, 0.1) is 5.92 Å². The van der Waals surface area contributed by atoms with E-state index in [0.717, 1.165) is 18.0 Å². The SMILES string of the molecule is CC(C)CCCC(C)NC1CCN(C)C(C)C1. The summed E-state index contributed by atoms with van der Waals surface area (Å²) in [5.41, 5.74) is 0. The molecule has 0 aromatic carbocycles. The normalized spacial score (nSPS) is 28.6. The zero-order chi connectivity index (χ0) is 12.8. The third-order valence-electron chi connectivity index (χ3n) is 4.15. The average Bonchev–Trinajstić information content (AvgIpc) is 2.23. The summed E-state index contributed by atoms with van der Waals surface area (Å²) in [5, 5.41) is 3.82. The monoisotopic (exact) mass is 240 g/mol. The van der Waals surface area contributed by atoms with Gasteiger partial charge in [0, 0.05) is 18.1 Å². The molecule has 2 nitrogen and oxygen atoms in total. The number of hydrogen-bond acceptors (Lipinski definition) is 2. The molecule has 0 amide bonds. The third-order valence-corrected chi connectivity index (χ3v) is 4.15. The van der Waals surface area contributed by atoms with Crippen molar-refractivity contribution in [2.75, 3.05) is 13.6 Å². The summed E-state index contributed by atoms with van der Waals surface area (Å²) >= 11 is 0. The molecule has 3 atom stereocenters. The topological polar surface area (TPSA) is 15.3 Å². The Morgan fingerprint density at radius 2 is 1.94 bits per heavy atom. The molecule has 1 rings (SSSR count). The predicted molar refractivity (Wildman–Crippen MR) is 76.4 cm³/mol. The zero-order valence-electron chi connectivity index (χ0n) is 12.5. The lowest BCUT2D eigenvalue weighted by Gasteiger charge is -2.36. The van der Waals surface area contributed by atoms with Crippen LogP contribution >= 0.6 is 0 Å². The van der Waals surface area contributed by atoms with Crippen LogP contribution in [0.25, 0.3) is 0 Å². The van der Waals surface area contributed by atoms with E-state index in [1.54, 1.807) is 0 Å². The maximum absolute atomic E-state index is 3.82. The lowest BCUT2D eigenvalue weighted by atomic mass is 9.97. The van der Waals surface area contributed by atoms with Gasteiger partial charge >= 0.3 is 0 Å². The van der Waals surface area contributed by atoms with Crippen LogP contribution in [-0.2, 0) is 0 Å². The molecule has 0 aromatic rings. The Morgan fingerprint density at radius 3 is 2.53 bits per heavy atom. The summed E-state index contributed by atoms with van der Waals surface area (Å²) in [6, 6.07) is 2.17. The van der Waals surface area contributed by atoms with Gasteiger partial charge in [-0.1, -0.05) is 26.7 Å². The fraction of sp³-hybridized carbons (Fsp3) is 1.00. The van der Waals surface area contributed by atoms with Crippen molar-refractivity contribution in [1.29, 1.82) is 0 Å². The zero-order valence-corrected chi connectivity index (χ0v) is 12.5. The average molecular weight is 240 g/mol. The molecular formula is C15H32N2. The van der Waals surface area contributed by atoms with Gasteiger partial charge in [0.15, 0.2) is 0 Å². The lowest BCUT2D eigenvalue weighted by Crippen LogP contribution is -2.47. The molecule has 1 heterocycles. The van der Waals surface area contributed by atoms with Gasteiger partial charge in [-0.25, -0.2) is 0 Å². The Balaban J connectivity index is 2.15. The second kappa shape index (κ2) is 7.38. The maximum atomic E-state index is 3.82. The van der Waals surface area contributed by atoms with E-state index >= 15 is 0 Å². The summed E-state index contributed by atoms with van der Waals surface area (Å²) in [6.07, 6.45) is 6.70. The standard InChI is InChI=1S/C15H32N2/c1-12(2)7-6-8-13(3)16-15-9-10-17(5)14(4)11-15/h12-16H,6-11H2,1-5H3. The summed E-state index contributed by atoms with van der Waals surface area (Å²) in [6.45, 7) is 10.6. The summed E-state index contributed by atoms with van der Waals surface area (Å²) in [5.74, 6) is 0.852. The molecule has 0 saturated carbocycles. The molecule has 102 valence electrons. The maximum Gasteiger partial charge on any atom is 0.00964 e. The summed E-state index contributed by atoms with van der Waals surface area (Å²) in [4.78, 5) is 2.47. The summed E-state index contributed by atoms with van der Waals surface area (Å²) < 4.78 is 0.